The Balaban J connectivity index is 1.73. The second kappa shape index (κ2) is 11.7. The van der Waals surface area contributed by atoms with Crippen LogP contribution >= 0.6 is 0 Å². The van der Waals surface area contributed by atoms with E-state index in [0.29, 0.717) is 35.3 Å². The fourth-order valence-electron chi connectivity index (χ4n) is 5.18. The molecule has 0 aliphatic rings. The van der Waals surface area contributed by atoms with Crippen LogP contribution in [0.3, 0.4) is 0 Å². The average Bonchev–Trinajstić information content (AvgIpc) is 2.99. The van der Waals surface area contributed by atoms with Gasteiger partial charge >= 0.3 is 0 Å². The van der Waals surface area contributed by atoms with Gasteiger partial charge in [-0.25, -0.2) is 4.98 Å². The molecule has 0 aliphatic carbocycles. The maximum absolute atomic E-state index is 14.2. The molecule has 0 saturated heterocycles. The summed E-state index contributed by atoms with van der Waals surface area (Å²) in [6.45, 7) is 8.63. The fraction of sp³-hybridized carbons (Fsp3) is 0.229. The molecule has 202 valence electrons. The van der Waals surface area contributed by atoms with Gasteiger partial charge in [0, 0.05) is 12.1 Å². The van der Waals surface area contributed by atoms with Gasteiger partial charge in [0.1, 0.15) is 5.82 Å². The Morgan fingerprint density at radius 2 is 1.52 bits per heavy atom. The minimum Gasteiger partial charge on any atom is -0.324 e. The van der Waals surface area contributed by atoms with Crippen molar-refractivity contribution in [2.45, 2.75) is 53.1 Å². The van der Waals surface area contributed by atoms with Crippen LogP contribution in [0.4, 0.5) is 0 Å². The number of rotatable bonds is 8. The number of amides is 1. The SMILES string of the molecule is CCc1ccc(C(=O)N(Cc2ccccc2)C(CC)c2nc3ccccc3c(=O)n2-c2ccc(C)c(C)c2)cc1. The first-order valence-electron chi connectivity index (χ1n) is 13.9. The van der Waals surface area contributed by atoms with E-state index >= 15 is 0 Å². The van der Waals surface area contributed by atoms with Gasteiger partial charge in [-0.05, 0) is 85.3 Å². The monoisotopic (exact) mass is 529 g/mol. The van der Waals surface area contributed by atoms with Crippen LogP contribution in [0.25, 0.3) is 16.6 Å². The van der Waals surface area contributed by atoms with Crippen molar-refractivity contribution in [3.05, 3.63) is 141 Å². The van der Waals surface area contributed by atoms with E-state index in [2.05, 4.69) is 13.8 Å². The van der Waals surface area contributed by atoms with Crippen LogP contribution in [0, 0.1) is 13.8 Å². The Labute approximate surface area is 235 Å². The molecule has 0 aliphatic heterocycles. The van der Waals surface area contributed by atoms with Gasteiger partial charge in [0.15, 0.2) is 0 Å². The molecule has 5 nitrogen and oxygen atoms in total. The third-order valence-electron chi connectivity index (χ3n) is 7.68. The quantitative estimate of drug-likeness (QED) is 0.211. The number of nitrogens with zero attached hydrogens (tertiary/aromatic N) is 3. The Hall–Kier alpha value is -4.51. The molecule has 0 fully saturated rings. The van der Waals surface area contributed by atoms with Crippen molar-refractivity contribution < 1.29 is 4.79 Å². The van der Waals surface area contributed by atoms with Gasteiger partial charge in [0.05, 0.1) is 22.6 Å². The number of aryl methyl sites for hydroxylation is 3. The molecule has 0 bridgehead atoms. The lowest BCUT2D eigenvalue weighted by Gasteiger charge is -2.33. The first kappa shape index (κ1) is 27.1. The predicted octanol–water partition coefficient (Wildman–Crippen LogP) is 7.36. The van der Waals surface area contributed by atoms with E-state index in [1.165, 1.54) is 5.56 Å². The fourth-order valence-corrected chi connectivity index (χ4v) is 5.18. The summed E-state index contributed by atoms with van der Waals surface area (Å²) in [5, 5.41) is 0.551. The van der Waals surface area contributed by atoms with E-state index in [1.54, 1.807) is 4.57 Å². The first-order chi connectivity index (χ1) is 19.4. The molecule has 0 N–H and O–H groups in total. The maximum Gasteiger partial charge on any atom is 0.266 e. The number of carbonyl (C=O) groups excluding carboxylic acids is 1. The summed E-state index contributed by atoms with van der Waals surface area (Å²) in [4.78, 5) is 35.2. The lowest BCUT2D eigenvalue weighted by Crippen LogP contribution is -2.38. The summed E-state index contributed by atoms with van der Waals surface area (Å²) in [5.74, 6) is 0.469. The topological polar surface area (TPSA) is 55.2 Å². The highest BCUT2D eigenvalue weighted by Crippen LogP contribution is 2.29. The highest BCUT2D eigenvalue weighted by Gasteiger charge is 2.30. The smallest absolute Gasteiger partial charge is 0.266 e. The van der Waals surface area contributed by atoms with Gasteiger partial charge in [-0.15, -0.1) is 0 Å². The molecule has 5 heteroatoms. The van der Waals surface area contributed by atoms with E-state index in [0.717, 1.165) is 28.8 Å². The molecule has 5 rings (SSSR count). The van der Waals surface area contributed by atoms with E-state index in [-0.39, 0.29) is 11.5 Å². The average molecular weight is 530 g/mol. The lowest BCUT2D eigenvalue weighted by atomic mass is 10.0. The van der Waals surface area contributed by atoms with E-state index in [9.17, 15) is 9.59 Å². The van der Waals surface area contributed by atoms with Crippen molar-refractivity contribution >= 4 is 16.8 Å². The number of fused-ring (bicyclic) bond motifs is 1. The molecular formula is C35H35N3O2. The Bertz CT molecular complexity index is 1710. The van der Waals surface area contributed by atoms with Crippen LogP contribution < -0.4 is 5.56 Å². The molecule has 1 heterocycles. The first-order valence-corrected chi connectivity index (χ1v) is 13.9. The minimum absolute atomic E-state index is 0.0904. The normalized spacial score (nSPS) is 11.9. The van der Waals surface area contributed by atoms with Gasteiger partial charge in [-0.2, -0.15) is 0 Å². The number of aromatic nitrogens is 2. The van der Waals surface area contributed by atoms with Gasteiger partial charge < -0.3 is 4.90 Å². The molecule has 40 heavy (non-hydrogen) atoms. The number of benzene rings is 4. The highest BCUT2D eigenvalue weighted by atomic mass is 16.2. The Kier molecular flexibility index (Phi) is 7.92. The lowest BCUT2D eigenvalue weighted by molar-refractivity contribution is 0.0640. The van der Waals surface area contributed by atoms with Crippen LogP contribution in [0.5, 0.6) is 0 Å². The van der Waals surface area contributed by atoms with Crippen LogP contribution in [0.2, 0.25) is 0 Å². The van der Waals surface area contributed by atoms with E-state index < -0.39 is 6.04 Å². The second-order valence-electron chi connectivity index (χ2n) is 10.3. The van der Waals surface area contributed by atoms with Crippen molar-refractivity contribution in [1.82, 2.24) is 14.5 Å². The Morgan fingerprint density at radius 3 is 2.20 bits per heavy atom. The molecule has 0 saturated carbocycles. The molecule has 1 aromatic heterocycles. The largest absolute Gasteiger partial charge is 0.324 e. The molecule has 4 aromatic carbocycles. The second-order valence-corrected chi connectivity index (χ2v) is 10.3. The third-order valence-corrected chi connectivity index (χ3v) is 7.68. The van der Waals surface area contributed by atoms with Crippen LogP contribution in [-0.2, 0) is 13.0 Å². The van der Waals surface area contributed by atoms with Crippen LogP contribution in [0.1, 0.15) is 64.7 Å². The van der Waals surface area contributed by atoms with E-state index in [4.69, 9.17) is 4.98 Å². The van der Waals surface area contributed by atoms with Gasteiger partial charge in [-0.1, -0.05) is 74.5 Å². The highest BCUT2D eigenvalue weighted by molar-refractivity contribution is 5.94. The number of carbonyl (C=O) groups is 1. The van der Waals surface area contributed by atoms with Crippen LogP contribution in [0.15, 0.2) is 102 Å². The summed E-state index contributed by atoms with van der Waals surface area (Å²) >= 11 is 0. The molecule has 5 aromatic rings. The van der Waals surface area contributed by atoms with Crippen molar-refractivity contribution in [2.24, 2.45) is 0 Å². The summed E-state index contributed by atoms with van der Waals surface area (Å²) in [5.41, 5.74) is 6.28. The number of hydrogen-bond donors (Lipinski definition) is 0. The minimum atomic E-state index is -0.447. The van der Waals surface area contributed by atoms with Crippen molar-refractivity contribution in [3.63, 3.8) is 0 Å². The molecule has 0 radical (unpaired) electrons. The Morgan fingerprint density at radius 1 is 0.825 bits per heavy atom. The van der Waals surface area contributed by atoms with Crippen molar-refractivity contribution in [3.8, 4) is 5.69 Å². The zero-order valence-corrected chi connectivity index (χ0v) is 23.6. The van der Waals surface area contributed by atoms with Crippen molar-refractivity contribution in [1.29, 1.82) is 0 Å². The molecular weight excluding hydrogens is 494 g/mol. The van der Waals surface area contributed by atoms with Gasteiger partial charge in [-0.3, -0.25) is 14.2 Å². The number of para-hydroxylation sites is 1. The summed E-state index contributed by atoms with van der Waals surface area (Å²) < 4.78 is 1.70. The molecule has 1 atom stereocenters. The summed E-state index contributed by atoms with van der Waals surface area (Å²) in [7, 11) is 0. The standard InChI is InChI=1S/C35H35N3O2/c1-5-26-17-19-28(20-18-26)34(39)37(23-27-12-8-7-9-13-27)32(6-2)33-36-31-15-11-10-14-30(31)35(40)38(33)29-21-16-24(3)25(4)22-29/h7-22,32H,5-6,23H2,1-4H3. The van der Waals surface area contributed by atoms with Gasteiger partial charge in [0.2, 0.25) is 0 Å². The predicted molar refractivity (Wildman–Crippen MR) is 162 cm³/mol. The van der Waals surface area contributed by atoms with Gasteiger partial charge in [0.25, 0.3) is 11.5 Å². The molecule has 1 amide bonds. The molecule has 0 spiro atoms. The molecule has 1 unspecified atom stereocenters. The zero-order chi connectivity index (χ0) is 28.2. The summed E-state index contributed by atoms with van der Waals surface area (Å²) in [6, 6.07) is 30.8. The maximum atomic E-state index is 14.2. The summed E-state index contributed by atoms with van der Waals surface area (Å²) in [6.07, 6.45) is 1.49. The van der Waals surface area contributed by atoms with Crippen LogP contribution in [-0.4, -0.2) is 20.4 Å². The zero-order valence-electron chi connectivity index (χ0n) is 23.6. The number of hydrogen-bond acceptors (Lipinski definition) is 3. The van der Waals surface area contributed by atoms with Crippen molar-refractivity contribution in [2.75, 3.05) is 0 Å². The van der Waals surface area contributed by atoms with E-state index in [1.807, 2.05) is 116 Å². The third kappa shape index (κ3) is 5.32.